The molecule has 1 aromatic rings. The fraction of sp³-hybridized carbons (Fsp3) is 0.333. The summed E-state index contributed by atoms with van der Waals surface area (Å²) in [6, 6.07) is 6.23. The number of carboxylic acids is 1. The minimum Gasteiger partial charge on any atom is -0.479 e. The number of ether oxygens (including phenoxy) is 2. The van der Waals surface area contributed by atoms with E-state index in [4.69, 9.17) is 14.6 Å². The highest BCUT2D eigenvalue weighted by Gasteiger charge is 2.13. The SMILES string of the molecule is CCOC(=O)c1cccc(OC(C)C(=O)O)c1. The van der Waals surface area contributed by atoms with E-state index in [0.29, 0.717) is 11.3 Å². The summed E-state index contributed by atoms with van der Waals surface area (Å²) >= 11 is 0. The van der Waals surface area contributed by atoms with Crippen molar-refractivity contribution < 1.29 is 24.2 Å². The summed E-state index contributed by atoms with van der Waals surface area (Å²) in [5.41, 5.74) is 0.335. The molecule has 0 aliphatic rings. The summed E-state index contributed by atoms with van der Waals surface area (Å²) in [6.07, 6.45) is -0.965. The molecule has 0 saturated heterocycles. The summed E-state index contributed by atoms with van der Waals surface area (Å²) in [5, 5.41) is 8.69. The van der Waals surface area contributed by atoms with Crippen LogP contribution in [-0.2, 0) is 9.53 Å². The first-order valence-corrected chi connectivity index (χ1v) is 5.21. The molecule has 0 radical (unpaired) electrons. The Labute approximate surface area is 99.0 Å². The van der Waals surface area contributed by atoms with Gasteiger partial charge in [0, 0.05) is 0 Å². The number of hydrogen-bond acceptors (Lipinski definition) is 4. The average Bonchev–Trinajstić information content (AvgIpc) is 2.29. The molecule has 0 spiro atoms. The lowest BCUT2D eigenvalue weighted by Gasteiger charge is -2.11. The first-order chi connectivity index (χ1) is 8.04. The Morgan fingerprint density at radius 3 is 2.71 bits per heavy atom. The summed E-state index contributed by atoms with van der Waals surface area (Å²) < 4.78 is 9.96. The lowest BCUT2D eigenvalue weighted by atomic mass is 10.2. The Kier molecular flexibility index (Phi) is 4.51. The molecule has 0 aliphatic carbocycles. The zero-order chi connectivity index (χ0) is 12.8. The standard InChI is InChI=1S/C12H14O5/c1-3-16-12(15)9-5-4-6-10(7-9)17-8(2)11(13)14/h4-8H,3H2,1-2H3,(H,13,14). The minimum atomic E-state index is -1.06. The first-order valence-electron chi connectivity index (χ1n) is 5.21. The molecule has 0 saturated carbocycles. The van der Waals surface area contributed by atoms with E-state index in [9.17, 15) is 9.59 Å². The molecular formula is C12H14O5. The maximum absolute atomic E-state index is 11.4. The van der Waals surface area contributed by atoms with Crippen molar-refractivity contribution in [1.29, 1.82) is 0 Å². The van der Waals surface area contributed by atoms with E-state index in [-0.39, 0.29) is 6.61 Å². The van der Waals surface area contributed by atoms with Crippen molar-refractivity contribution >= 4 is 11.9 Å². The summed E-state index contributed by atoms with van der Waals surface area (Å²) in [4.78, 5) is 22.0. The number of rotatable bonds is 5. The van der Waals surface area contributed by atoms with Gasteiger partial charge in [0.05, 0.1) is 12.2 Å². The molecule has 5 nitrogen and oxygen atoms in total. The molecule has 0 bridgehead atoms. The van der Waals surface area contributed by atoms with Crippen LogP contribution in [0.2, 0.25) is 0 Å². The van der Waals surface area contributed by atoms with Crippen molar-refractivity contribution in [2.24, 2.45) is 0 Å². The highest BCUT2D eigenvalue weighted by molar-refractivity contribution is 5.89. The number of carbonyl (C=O) groups excluding carboxylic acids is 1. The van der Waals surface area contributed by atoms with E-state index in [2.05, 4.69) is 0 Å². The van der Waals surface area contributed by atoms with E-state index in [1.165, 1.54) is 13.0 Å². The van der Waals surface area contributed by atoms with Gasteiger partial charge in [0.15, 0.2) is 6.10 Å². The smallest absolute Gasteiger partial charge is 0.344 e. The second kappa shape index (κ2) is 5.89. The zero-order valence-corrected chi connectivity index (χ0v) is 9.67. The Bertz CT molecular complexity index is 413. The van der Waals surface area contributed by atoms with Crippen LogP contribution < -0.4 is 4.74 Å². The normalized spacial score (nSPS) is 11.6. The van der Waals surface area contributed by atoms with Gasteiger partial charge in [-0.25, -0.2) is 9.59 Å². The van der Waals surface area contributed by atoms with Crippen LogP contribution >= 0.6 is 0 Å². The fourth-order valence-electron chi connectivity index (χ4n) is 1.17. The Hall–Kier alpha value is -2.04. The topological polar surface area (TPSA) is 72.8 Å². The number of esters is 1. The molecule has 0 amide bonds. The highest BCUT2D eigenvalue weighted by atomic mass is 16.5. The van der Waals surface area contributed by atoms with Gasteiger partial charge in [-0.3, -0.25) is 0 Å². The van der Waals surface area contributed by atoms with Gasteiger partial charge < -0.3 is 14.6 Å². The maximum Gasteiger partial charge on any atom is 0.344 e. The van der Waals surface area contributed by atoms with Gasteiger partial charge in [0.25, 0.3) is 0 Å². The van der Waals surface area contributed by atoms with Gasteiger partial charge in [-0.05, 0) is 32.0 Å². The van der Waals surface area contributed by atoms with Crippen LogP contribution in [-0.4, -0.2) is 29.8 Å². The fourth-order valence-corrected chi connectivity index (χ4v) is 1.17. The number of hydrogen-bond donors (Lipinski definition) is 1. The molecule has 0 heterocycles. The number of carboxylic acid groups (broad SMARTS) is 1. The van der Waals surface area contributed by atoms with Gasteiger partial charge in [-0.2, -0.15) is 0 Å². The summed E-state index contributed by atoms with van der Waals surface area (Å²) in [6.45, 7) is 3.42. The largest absolute Gasteiger partial charge is 0.479 e. The second-order valence-corrected chi connectivity index (χ2v) is 3.35. The third-order valence-corrected chi connectivity index (χ3v) is 2.01. The molecule has 0 aromatic heterocycles. The monoisotopic (exact) mass is 238 g/mol. The third-order valence-electron chi connectivity index (χ3n) is 2.01. The van der Waals surface area contributed by atoms with Crippen LogP contribution in [0.3, 0.4) is 0 Å². The van der Waals surface area contributed by atoms with E-state index in [1.54, 1.807) is 25.1 Å². The van der Waals surface area contributed by atoms with Crippen molar-refractivity contribution in [2.75, 3.05) is 6.61 Å². The van der Waals surface area contributed by atoms with Gasteiger partial charge in [-0.1, -0.05) is 6.07 Å². The van der Waals surface area contributed by atoms with Crippen molar-refractivity contribution in [2.45, 2.75) is 20.0 Å². The van der Waals surface area contributed by atoms with Crippen molar-refractivity contribution in [3.8, 4) is 5.75 Å². The molecule has 5 heteroatoms. The molecule has 1 N–H and O–H groups in total. The van der Waals surface area contributed by atoms with Crippen LogP contribution in [0.5, 0.6) is 5.75 Å². The summed E-state index contributed by atoms with van der Waals surface area (Å²) in [5.74, 6) is -1.20. The predicted octanol–water partition coefficient (Wildman–Crippen LogP) is 1.72. The van der Waals surface area contributed by atoms with Gasteiger partial charge in [0.2, 0.25) is 0 Å². The first kappa shape index (κ1) is 13.0. The zero-order valence-electron chi connectivity index (χ0n) is 9.67. The molecule has 1 unspecified atom stereocenters. The Morgan fingerprint density at radius 2 is 2.12 bits per heavy atom. The predicted molar refractivity (Wildman–Crippen MR) is 60.1 cm³/mol. The highest BCUT2D eigenvalue weighted by Crippen LogP contribution is 2.15. The molecule has 0 aliphatic heterocycles. The number of benzene rings is 1. The number of carbonyl (C=O) groups is 2. The lowest BCUT2D eigenvalue weighted by molar-refractivity contribution is -0.144. The average molecular weight is 238 g/mol. The Morgan fingerprint density at radius 1 is 1.41 bits per heavy atom. The van der Waals surface area contributed by atoms with Crippen LogP contribution in [0.1, 0.15) is 24.2 Å². The molecular weight excluding hydrogens is 224 g/mol. The van der Waals surface area contributed by atoms with Crippen molar-refractivity contribution in [3.05, 3.63) is 29.8 Å². The third kappa shape index (κ3) is 3.79. The van der Waals surface area contributed by atoms with Crippen LogP contribution in [0.25, 0.3) is 0 Å². The molecule has 1 aromatic carbocycles. The van der Waals surface area contributed by atoms with Gasteiger partial charge in [0.1, 0.15) is 5.75 Å². The maximum atomic E-state index is 11.4. The molecule has 0 fully saturated rings. The molecule has 92 valence electrons. The van der Waals surface area contributed by atoms with Gasteiger partial charge >= 0.3 is 11.9 Å². The van der Waals surface area contributed by atoms with Crippen LogP contribution in [0.4, 0.5) is 0 Å². The summed E-state index contributed by atoms with van der Waals surface area (Å²) in [7, 11) is 0. The quantitative estimate of drug-likeness (QED) is 0.790. The van der Waals surface area contributed by atoms with E-state index in [0.717, 1.165) is 0 Å². The van der Waals surface area contributed by atoms with Crippen molar-refractivity contribution in [1.82, 2.24) is 0 Å². The van der Waals surface area contributed by atoms with Crippen LogP contribution in [0.15, 0.2) is 24.3 Å². The molecule has 1 rings (SSSR count). The Balaban J connectivity index is 2.79. The second-order valence-electron chi connectivity index (χ2n) is 3.35. The molecule has 1 atom stereocenters. The van der Waals surface area contributed by atoms with E-state index in [1.807, 2.05) is 0 Å². The van der Waals surface area contributed by atoms with Gasteiger partial charge in [-0.15, -0.1) is 0 Å². The molecule has 17 heavy (non-hydrogen) atoms. The van der Waals surface area contributed by atoms with E-state index < -0.39 is 18.0 Å². The van der Waals surface area contributed by atoms with E-state index >= 15 is 0 Å². The lowest BCUT2D eigenvalue weighted by Crippen LogP contribution is -2.23. The minimum absolute atomic E-state index is 0.287. The van der Waals surface area contributed by atoms with Crippen molar-refractivity contribution in [3.63, 3.8) is 0 Å². The van der Waals surface area contributed by atoms with Crippen LogP contribution in [0, 0.1) is 0 Å². The number of aliphatic carboxylic acids is 1.